The fourth-order valence-corrected chi connectivity index (χ4v) is 3.41. The van der Waals surface area contributed by atoms with Crippen molar-refractivity contribution < 1.29 is 9.66 Å². The molecule has 1 aliphatic heterocycles. The first-order valence-electron chi connectivity index (χ1n) is 7.42. The molecule has 6 nitrogen and oxygen atoms in total. The molecule has 0 spiro atoms. The molecule has 0 aromatic carbocycles. The highest BCUT2D eigenvalue weighted by Crippen LogP contribution is 2.43. The van der Waals surface area contributed by atoms with Gasteiger partial charge in [0.15, 0.2) is 0 Å². The fourth-order valence-electron chi connectivity index (χ4n) is 3.41. The lowest BCUT2D eigenvalue weighted by Crippen LogP contribution is -2.50. The molecule has 2 atom stereocenters. The van der Waals surface area contributed by atoms with E-state index in [1.165, 1.54) is 12.8 Å². The second kappa shape index (κ2) is 5.03. The van der Waals surface area contributed by atoms with Crippen LogP contribution in [0.25, 0.3) is 0 Å². The zero-order valence-corrected chi connectivity index (χ0v) is 12.5. The molecule has 3 rings (SSSR count). The first kappa shape index (κ1) is 14.4. The van der Waals surface area contributed by atoms with Crippen LogP contribution in [0.4, 0.5) is 5.69 Å². The second-order valence-corrected chi connectivity index (χ2v) is 6.41. The van der Waals surface area contributed by atoms with Gasteiger partial charge in [-0.05, 0) is 39.0 Å². The van der Waals surface area contributed by atoms with Crippen LogP contribution in [0.3, 0.4) is 0 Å². The minimum absolute atomic E-state index is 0.0686. The highest BCUT2D eigenvalue weighted by molar-refractivity contribution is 5.47. The predicted molar refractivity (Wildman–Crippen MR) is 78.1 cm³/mol. The van der Waals surface area contributed by atoms with E-state index in [1.54, 1.807) is 20.0 Å². The van der Waals surface area contributed by atoms with Crippen LogP contribution in [0.2, 0.25) is 0 Å². The van der Waals surface area contributed by atoms with Gasteiger partial charge in [0.2, 0.25) is 0 Å². The molecule has 2 heterocycles. The van der Waals surface area contributed by atoms with Crippen LogP contribution < -0.4 is 5.73 Å². The van der Waals surface area contributed by atoms with Crippen LogP contribution >= 0.6 is 0 Å². The average molecular weight is 291 g/mol. The number of pyridine rings is 1. The molecule has 21 heavy (non-hydrogen) atoms. The number of nitrogens with two attached hydrogens (primary N) is 1. The van der Waals surface area contributed by atoms with Gasteiger partial charge in [-0.2, -0.15) is 0 Å². The normalized spacial score (nSPS) is 28.8. The van der Waals surface area contributed by atoms with E-state index >= 15 is 0 Å². The number of ether oxygens (including phenoxy) is 1. The summed E-state index contributed by atoms with van der Waals surface area (Å²) < 4.78 is 5.82. The lowest BCUT2D eigenvalue weighted by Gasteiger charge is -2.30. The molecule has 6 heteroatoms. The SMILES string of the molecule is Cc1cnc(CC2(N)CCOC2C2CC2)c(C)c1[N+](=O)[O-]. The molecule has 0 bridgehead atoms. The van der Waals surface area contributed by atoms with Crippen molar-refractivity contribution >= 4 is 5.69 Å². The van der Waals surface area contributed by atoms with E-state index in [-0.39, 0.29) is 16.7 Å². The van der Waals surface area contributed by atoms with E-state index < -0.39 is 5.54 Å². The molecule has 1 saturated heterocycles. The lowest BCUT2D eigenvalue weighted by atomic mass is 9.83. The summed E-state index contributed by atoms with van der Waals surface area (Å²) in [5.41, 5.74) is 8.24. The molecule has 2 fully saturated rings. The van der Waals surface area contributed by atoms with Crippen molar-refractivity contribution in [3.8, 4) is 0 Å². The van der Waals surface area contributed by atoms with Gasteiger partial charge in [0.05, 0.1) is 22.3 Å². The van der Waals surface area contributed by atoms with E-state index in [4.69, 9.17) is 10.5 Å². The minimum Gasteiger partial charge on any atom is -0.376 e. The second-order valence-electron chi connectivity index (χ2n) is 6.41. The summed E-state index contributed by atoms with van der Waals surface area (Å²) >= 11 is 0. The molecule has 2 unspecified atom stereocenters. The molecular weight excluding hydrogens is 270 g/mol. The van der Waals surface area contributed by atoms with E-state index in [2.05, 4.69) is 4.98 Å². The molecule has 0 radical (unpaired) electrons. The summed E-state index contributed by atoms with van der Waals surface area (Å²) in [7, 11) is 0. The van der Waals surface area contributed by atoms with Crippen LogP contribution in [-0.4, -0.2) is 28.2 Å². The van der Waals surface area contributed by atoms with Gasteiger partial charge in [-0.15, -0.1) is 0 Å². The maximum atomic E-state index is 11.2. The molecule has 2 N–H and O–H groups in total. The third-order valence-electron chi connectivity index (χ3n) is 4.74. The van der Waals surface area contributed by atoms with Gasteiger partial charge in [0, 0.05) is 30.4 Å². The van der Waals surface area contributed by atoms with Crippen molar-refractivity contribution in [3.05, 3.63) is 33.1 Å². The summed E-state index contributed by atoms with van der Waals surface area (Å²) in [5, 5.41) is 11.2. The molecule has 2 aliphatic rings. The number of aromatic nitrogens is 1. The number of hydrogen-bond donors (Lipinski definition) is 1. The topological polar surface area (TPSA) is 91.3 Å². The van der Waals surface area contributed by atoms with E-state index in [9.17, 15) is 10.1 Å². The van der Waals surface area contributed by atoms with Gasteiger partial charge >= 0.3 is 0 Å². The van der Waals surface area contributed by atoms with Crippen LogP contribution in [0.1, 0.15) is 36.1 Å². The molecular formula is C15H21N3O3. The number of aryl methyl sites for hydroxylation is 1. The third kappa shape index (κ3) is 2.53. The Balaban J connectivity index is 1.91. The average Bonchev–Trinajstić information content (AvgIpc) is 3.17. The van der Waals surface area contributed by atoms with Gasteiger partial charge in [-0.3, -0.25) is 15.1 Å². The van der Waals surface area contributed by atoms with Gasteiger partial charge < -0.3 is 10.5 Å². The van der Waals surface area contributed by atoms with Gasteiger partial charge in [0.25, 0.3) is 5.69 Å². The van der Waals surface area contributed by atoms with Crippen LogP contribution in [0, 0.1) is 29.9 Å². The van der Waals surface area contributed by atoms with Crippen molar-refractivity contribution in [1.82, 2.24) is 4.98 Å². The number of nitrogens with zero attached hydrogens (tertiary/aromatic N) is 2. The Labute approximate surface area is 123 Å². The first-order valence-corrected chi connectivity index (χ1v) is 7.42. The van der Waals surface area contributed by atoms with Crippen LogP contribution in [0.15, 0.2) is 6.20 Å². The molecule has 114 valence electrons. The largest absolute Gasteiger partial charge is 0.376 e. The molecule has 0 amide bonds. The van der Waals surface area contributed by atoms with Crippen molar-refractivity contribution in [1.29, 1.82) is 0 Å². The van der Waals surface area contributed by atoms with Crippen molar-refractivity contribution in [2.75, 3.05) is 6.61 Å². The summed E-state index contributed by atoms with van der Waals surface area (Å²) in [6.07, 6.45) is 5.32. The highest BCUT2D eigenvalue weighted by atomic mass is 16.6. The van der Waals surface area contributed by atoms with Crippen molar-refractivity contribution in [2.24, 2.45) is 11.7 Å². The smallest absolute Gasteiger partial charge is 0.278 e. The van der Waals surface area contributed by atoms with Crippen LogP contribution in [0.5, 0.6) is 0 Å². The quantitative estimate of drug-likeness (QED) is 0.677. The standard InChI is InChI=1S/C15H21N3O3/c1-9-8-17-12(10(2)13(9)18(19)20)7-15(16)5-6-21-14(15)11-3-4-11/h8,11,14H,3-7,16H2,1-2H3. The van der Waals surface area contributed by atoms with Gasteiger partial charge in [0.1, 0.15) is 0 Å². The Kier molecular flexibility index (Phi) is 3.45. The lowest BCUT2D eigenvalue weighted by molar-refractivity contribution is -0.386. The summed E-state index contributed by atoms with van der Waals surface area (Å²) in [4.78, 5) is 15.3. The Hall–Kier alpha value is -1.53. The summed E-state index contributed by atoms with van der Waals surface area (Å²) in [6.45, 7) is 4.15. The number of rotatable bonds is 4. The third-order valence-corrected chi connectivity index (χ3v) is 4.74. The highest BCUT2D eigenvalue weighted by Gasteiger charge is 2.49. The summed E-state index contributed by atoms with van der Waals surface area (Å²) in [6, 6.07) is 0. The Morgan fingerprint density at radius 2 is 2.24 bits per heavy atom. The Bertz CT molecular complexity index is 586. The Morgan fingerprint density at radius 1 is 1.52 bits per heavy atom. The van der Waals surface area contributed by atoms with Gasteiger partial charge in [-0.1, -0.05) is 0 Å². The minimum atomic E-state index is -0.442. The molecule has 1 aliphatic carbocycles. The maximum Gasteiger partial charge on any atom is 0.278 e. The molecule has 1 aromatic heterocycles. The summed E-state index contributed by atoms with van der Waals surface area (Å²) in [5.74, 6) is 0.554. The predicted octanol–water partition coefficient (Wildman–Crippen LogP) is 2.05. The van der Waals surface area contributed by atoms with Crippen LogP contribution in [-0.2, 0) is 11.2 Å². The van der Waals surface area contributed by atoms with Crippen molar-refractivity contribution in [3.63, 3.8) is 0 Å². The molecule has 1 aromatic rings. The maximum absolute atomic E-state index is 11.2. The van der Waals surface area contributed by atoms with Crippen molar-refractivity contribution in [2.45, 2.75) is 51.2 Å². The Morgan fingerprint density at radius 3 is 2.86 bits per heavy atom. The van der Waals surface area contributed by atoms with E-state index in [0.29, 0.717) is 30.1 Å². The number of hydrogen-bond acceptors (Lipinski definition) is 5. The van der Waals surface area contributed by atoms with E-state index in [0.717, 1.165) is 12.1 Å². The number of nitro groups is 1. The first-order chi connectivity index (χ1) is 9.92. The fraction of sp³-hybridized carbons (Fsp3) is 0.667. The molecule has 1 saturated carbocycles. The zero-order chi connectivity index (χ0) is 15.2. The van der Waals surface area contributed by atoms with Gasteiger partial charge in [-0.25, -0.2) is 0 Å². The zero-order valence-electron chi connectivity index (χ0n) is 12.5. The van der Waals surface area contributed by atoms with E-state index in [1.807, 2.05) is 0 Å². The monoisotopic (exact) mass is 291 g/mol.